The Kier molecular flexibility index (Phi) is 5.88. The van der Waals surface area contributed by atoms with Crippen LogP contribution in [0.25, 0.3) is 66.7 Å². The van der Waals surface area contributed by atoms with Crippen LogP contribution in [0.1, 0.15) is 22.3 Å². The van der Waals surface area contributed by atoms with Gasteiger partial charge in [0.1, 0.15) is 11.3 Å². The summed E-state index contributed by atoms with van der Waals surface area (Å²) in [6, 6.07) is 62.1. The number of benzene rings is 7. The molecule has 0 saturated carbocycles. The molecular weight excluding hydrogens is 623 g/mol. The van der Waals surface area contributed by atoms with Crippen molar-refractivity contribution in [3.8, 4) is 56.3 Å². The van der Waals surface area contributed by atoms with E-state index < -0.39 is 5.41 Å². The highest BCUT2D eigenvalue weighted by Gasteiger charge is 2.51. The lowest BCUT2D eigenvalue weighted by atomic mass is 9.66. The van der Waals surface area contributed by atoms with E-state index in [4.69, 9.17) is 14.1 Å². The maximum atomic E-state index is 7.06. The van der Waals surface area contributed by atoms with Gasteiger partial charge in [0.15, 0.2) is 11.3 Å². The number of nitrogens with zero attached hydrogens (tertiary/aromatic N) is 1. The van der Waals surface area contributed by atoms with Crippen LogP contribution in [0.4, 0.5) is 0 Å². The summed E-state index contributed by atoms with van der Waals surface area (Å²) in [4.78, 5) is 5.25. The minimum atomic E-state index is -0.552. The summed E-state index contributed by atoms with van der Waals surface area (Å²) >= 11 is 0. The van der Waals surface area contributed by atoms with Crippen LogP contribution in [0.15, 0.2) is 180 Å². The summed E-state index contributed by atoms with van der Waals surface area (Å²) in [6.45, 7) is 0. The molecule has 1 spiro atoms. The van der Waals surface area contributed by atoms with Gasteiger partial charge in [-0.3, -0.25) is 0 Å². The number of fused-ring (bicyclic) bond motifs is 13. The van der Waals surface area contributed by atoms with Crippen LogP contribution in [-0.4, -0.2) is 4.98 Å². The molecule has 3 heterocycles. The molecule has 11 rings (SSSR count). The van der Waals surface area contributed by atoms with E-state index in [1.54, 1.807) is 0 Å². The molecule has 1 aliphatic carbocycles. The standard InChI is InChI=1S/C48H29NO2/c1-3-14-30(15-4-1)32-28-42(31-16-5-2-6-17-31)49-43(29-32)37-21-13-20-35-36-26-27-41-47(46(36)51-45(35)37)50-44-25-12-11-24-40(44)48(41)38-22-9-7-18-33(38)34-19-8-10-23-39(34)48/h1-29H. The molecule has 2 aliphatic rings. The van der Waals surface area contributed by atoms with E-state index in [1.165, 1.54) is 22.3 Å². The predicted molar refractivity (Wildman–Crippen MR) is 205 cm³/mol. The number of pyridine rings is 1. The topological polar surface area (TPSA) is 35.3 Å². The molecule has 0 atom stereocenters. The number of furan rings is 1. The Balaban J connectivity index is 1.19. The Bertz CT molecular complexity index is 2730. The molecule has 3 heteroatoms. The van der Waals surface area contributed by atoms with Gasteiger partial charge in [-0.25, -0.2) is 4.98 Å². The van der Waals surface area contributed by atoms with E-state index in [0.717, 1.165) is 78.2 Å². The fourth-order valence-electron chi connectivity index (χ4n) is 8.59. The number of para-hydroxylation sites is 2. The fraction of sp³-hybridized carbons (Fsp3) is 0.0208. The fourth-order valence-corrected chi connectivity index (χ4v) is 8.59. The lowest BCUT2D eigenvalue weighted by Gasteiger charge is -2.39. The number of aromatic nitrogens is 1. The summed E-state index contributed by atoms with van der Waals surface area (Å²) in [6.07, 6.45) is 0. The van der Waals surface area contributed by atoms with Gasteiger partial charge in [0.25, 0.3) is 0 Å². The molecule has 0 saturated heterocycles. The summed E-state index contributed by atoms with van der Waals surface area (Å²) < 4.78 is 14.0. The van der Waals surface area contributed by atoms with Gasteiger partial charge in [-0.1, -0.05) is 146 Å². The van der Waals surface area contributed by atoms with Crippen LogP contribution in [-0.2, 0) is 5.41 Å². The van der Waals surface area contributed by atoms with Gasteiger partial charge >= 0.3 is 0 Å². The molecule has 9 aromatic rings. The first-order valence-electron chi connectivity index (χ1n) is 17.4. The van der Waals surface area contributed by atoms with Gasteiger partial charge in [-0.05, 0) is 63.7 Å². The van der Waals surface area contributed by atoms with Gasteiger partial charge < -0.3 is 9.15 Å². The lowest BCUT2D eigenvalue weighted by molar-refractivity contribution is 0.433. The van der Waals surface area contributed by atoms with Gasteiger partial charge in [0, 0.05) is 33.0 Å². The summed E-state index contributed by atoms with van der Waals surface area (Å²) in [5.41, 5.74) is 14.2. The molecule has 0 N–H and O–H groups in total. The monoisotopic (exact) mass is 651 g/mol. The molecule has 2 aromatic heterocycles. The molecule has 0 amide bonds. The Labute approximate surface area is 295 Å². The highest BCUT2D eigenvalue weighted by Crippen LogP contribution is 2.63. The van der Waals surface area contributed by atoms with Gasteiger partial charge in [0.2, 0.25) is 0 Å². The average Bonchev–Trinajstić information content (AvgIpc) is 3.73. The summed E-state index contributed by atoms with van der Waals surface area (Å²) in [5, 5.41) is 2.05. The van der Waals surface area contributed by atoms with E-state index >= 15 is 0 Å². The Morgan fingerprint density at radius 1 is 0.392 bits per heavy atom. The second-order valence-electron chi connectivity index (χ2n) is 13.4. The van der Waals surface area contributed by atoms with E-state index in [2.05, 4.69) is 164 Å². The van der Waals surface area contributed by atoms with Crippen molar-refractivity contribution < 1.29 is 9.15 Å². The molecule has 3 nitrogen and oxygen atoms in total. The van der Waals surface area contributed by atoms with Crippen molar-refractivity contribution in [1.82, 2.24) is 4.98 Å². The minimum absolute atomic E-state index is 0.552. The molecular formula is C48H29NO2. The quantitative estimate of drug-likeness (QED) is 0.191. The molecule has 1 aliphatic heterocycles. The van der Waals surface area contributed by atoms with Crippen molar-refractivity contribution >= 4 is 21.9 Å². The highest BCUT2D eigenvalue weighted by molar-refractivity contribution is 6.12. The van der Waals surface area contributed by atoms with Crippen molar-refractivity contribution in [2.24, 2.45) is 0 Å². The van der Waals surface area contributed by atoms with Crippen molar-refractivity contribution in [1.29, 1.82) is 0 Å². The number of rotatable bonds is 3. The minimum Gasteiger partial charge on any atom is -0.453 e. The molecule has 51 heavy (non-hydrogen) atoms. The largest absolute Gasteiger partial charge is 0.453 e. The van der Waals surface area contributed by atoms with Gasteiger partial charge in [-0.2, -0.15) is 0 Å². The third-order valence-electron chi connectivity index (χ3n) is 10.8. The van der Waals surface area contributed by atoms with E-state index in [-0.39, 0.29) is 0 Å². The summed E-state index contributed by atoms with van der Waals surface area (Å²) in [5.74, 6) is 1.60. The number of hydrogen-bond donors (Lipinski definition) is 0. The van der Waals surface area contributed by atoms with Crippen LogP contribution < -0.4 is 4.74 Å². The van der Waals surface area contributed by atoms with Crippen molar-refractivity contribution in [2.75, 3.05) is 0 Å². The maximum Gasteiger partial charge on any atom is 0.178 e. The first-order chi connectivity index (χ1) is 25.3. The Morgan fingerprint density at radius 2 is 0.980 bits per heavy atom. The molecule has 0 bridgehead atoms. The first-order valence-corrected chi connectivity index (χ1v) is 17.4. The summed E-state index contributed by atoms with van der Waals surface area (Å²) in [7, 11) is 0. The SMILES string of the molecule is c1ccc(-c2cc(-c3ccccc3)nc(-c3cccc4c3oc3c5c(ccc34)C3(c4ccccc4O5)c4ccccc4-c4ccccc43)c2)cc1. The first kappa shape index (κ1) is 28.2. The highest BCUT2D eigenvalue weighted by atomic mass is 16.5. The van der Waals surface area contributed by atoms with Crippen molar-refractivity contribution in [3.63, 3.8) is 0 Å². The third kappa shape index (κ3) is 3.92. The Morgan fingerprint density at radius 3 is 1.73 bits per heavy atom. The van der Waals surface area contributed by atoms with Crippen molar-refractivity contribution in [2.45, 2.75) is 5.41 Å². The zero-order chi connectivity index (χ0) is 33.5. The van der Waals surface area contributed by atoms with Crippen LogP contribution in [0.3, 0.4) is 0 Å². The second kappa shape index (κ2) is 10.6. The smallest absolute Gasteiger partial charge is 0.178 e. The molecule has 0 unspecified atom stereocenters. The number of hydrogen-bond acceptors (Lipinski definition) is 3. The van der Waals surface area contributed by atoms with Gasteiger partial charge in [0.05, 0.1) is 16.8 Å². The van der Waals surface area contributed by atoms with Gasteiger partial charge in [-0.15, -0.1) is 0 Å². The normalized spacial score (nSPS) is 13.4. The van der Waals surface area contributed by atoms with Crippen molar-refractivity contribution in [3.05, 3.63) is 198 Å². The second-order valence-corrected chi connectivity index (χ2v) is 13.4. The predicted octanol–water partition coefficient (Wildman–Crippen LogP) is 12.5. The molecule has 0 radical (unpaired) electrons. The average molecular weight is 652 g/mol. The van der Waals surface area contributed by atoms with E-state index in [1.807, 2.05) is 12.1 Å². The van der Waals surface area contributed by atoms with Crippen LogP contribution in [0.5, 0.6) is 11.5 Å². The lowest BCUT2D eigenvalue weighted by Crippen LogP contribution is -2.32. The van der Waals surface area contributed by atoms with Crippen LogP contribution >= 0.6 is 0 Å². The maximum absolute atomic E-state index is 7.06. The van der Waals surface area contributed by atoms with Crippen LogP contribution in [0.2, 0.25) is 0 Å². The zero-order valence-electron chi connectivity index (χ0n) is 27.5. The number of ether oxygens (including phenoxy) is 1. The van der Waals surface area contributed by atoms with E-state index in [9.17, 15) is 0 Å². The molecule has 238 valence electrons. The Hall–Kier alpha value is -6.71. The molecule has 7 aromatic carbocycles. The van der Waals surface area contributed by atoms with E-state index in [0.29, 0.717) is 0 Å². The third-order valence-corrected chi connectivity index (χ3v) is 10.8. The molecule has 0 fully saturated rings. The zero-order valence-corrected chi connectivity index (χ0v) is 27.5. The van der Waals surface area contributed by atoms with Crippen LogP contribution in [0, 0.1) is 0 Å².